The fourth-order valence-corrected chi connectivity index (χ4v) is 2.10. The molecule has 0 spiro atoms. The van der Waals surface area contributed by atoms with E-state index >= 15 is 0 Å². The summed E-state index contributed by atoms with van der Waals surface area (Å²) in [5.74, 6) is -0.437. The van der Waals surface area contributed by atoms with Crippen LogP contribution in [0, 0.1) is 5.82 Å². The highest BCUT2D eigenvalue weighted by Gasteiger charge is 2.20. The number of carbonyl (C=O) groups excluding carboxylic acids is 2. The summed E-state index contributed by atoms with van der Waals surface area (Å²) in [6.45, 7) is 1.61. The van der Waals surface area contributed by atoms with Crippen molar-refractivity contribution in [1.82, 2.24) is 4.90 Å². The first kappa shape index (κ1) is 12.5. The lowest BCUT2D eigenvalue weighted by Crippen LogP contribution is -2.34. The highest BCUT2D eigenvalue weighted by Crippen LogP contribution is 2.21. The van der Waals surface area contributed by atoms with Crippen molar-refractivity contribution in [1.29, 1.82) is 0 Å². The maximum atomic E-state index is 13.1. The quantitative estimate of drug-likeness (QED) is 0.743. The van der Waals surface area contributed by atoms with Gasteiger partial charge in [-0.3, -0.25) is 9.59 Å². The molecule has 1 amide bonds. The van der Waals surface area contributed by atoms with Crippen LogP contribution in [-0.4, -0.2) is 43.8 Å². The number of amides is 1. The summed E-state index contributed by atoms with van der Waals surface area (Å²) in [5.41, 5.74) is 0.905. The molecule has 0 saturated carbocycles. The van der Waals surface area contributed by atoms with Crippen molar-refractivity contribution in [2.45, 2.75) is 6.42 Å². The lowest BCUT2D eigenvalue weighted by atomic mass is 10.1. The van der Waals surface area contributed by atoms with Gasteiger partial charge in [-0.1, -0.05) is 0 Å². The molecule has 1 fully saturated rings. The fraction of sp³-hybridized carbons (Fsp3) is 0.385. The van der Waals surface area contributed by atoms with E-state index in [2.05, 4.69) is 0 Å². The van der Waals surface area contributed by atoms with Gasteiger partial charge in [0.2, 0.25) is 5.91 Å². The van der Waals surface area contributed by atoms with E-state index in [-0.39, 0.29) is 18.0 Å². The van der Waals surface area contributed by atoms with Gasteiger partial charge in [0.15, 0.2) is 6.29 Å². The van der Waals surface area contributed by atoms with Gasteiger partial charge in [0.05, 0.1) is 6.54 Å². The first-order valence-corrected chi connectivity index (χ1v) is 5.85. The smallest absolute Gasteiger partial charge is 0.241 e. The number of anilines is 1. The second kappa shape index (κ2) is 5.16. The van der Waals surface area contributed by atoms with E-state index in [9.17, 15) is 14.0 Å². The van der Waals surface area contributed by atoms with E-state index < -0.39 is 5.82 Å². The van der Waals surface area contributed by atoms with Crippen molar-refractivity contribution in [3.05, 3.63) is 29.6 Å². The predicted molar refractivity (Wildman–Crippen MR) is 66.3 cm³/mol. The van der Waals surface area contributed by atoms with Gasteiger partial charge in [-0.15, -0.1) is 0 Å². The second-order valence-electron chi connectivity index (χ2n) is 4.41. The van der Waals surface area contributed by atoms with E-state index in [1.807, 2.05) is 4.90 Å². The molecule has 4 nitrogen and oxygen atoms in total. The van der Waals surface area contributed by atoms with Crippen molar-refractivity contribution in [3.8, 4) is 0 Å². The van der Waals surface area contributed by atoms with Crippen LogP contribution in [0.1, 0.15) is 16.8 Å². The van der Waals surface area contributed by atoms with Crippen LogP contribution in [-0.2, 0) is 4.79 Å². The summed E-state index contributed by atoms with van der Waals surface area (Å²) < 4.78 is 13.1. The molecule has 2 rings (SSSR count). The van der Waals surface area contributed by atoms with Crippen molar-refractivity contribution in [2.24, 2.45) is 0 Å². The summed E-state index contributed by atoms with van der Waals surface area (Å²) >= 11 is 0. The fourth-order valence-electron chi connectivity index (χ4n) is 2.10. The lowest BCUT2D eigenvalue weighted by Gasteiger charge is -2.23. The number of hydrogen-bond donors (Lipinski definition) is 0. The maximum Gasteiger partial charge on any atom is 0.241 e. The van der Waals surface area contributed by atoms with Gasteiger partial charge in [0, 0.05) is 31.4 Å². The topological polar surface area (TPSA) is 40.6 Å². The number of halogens is 1. The Balaban J connectivity index is 2.30. The van der Waals surface area contributed by atoms with Gasteiger partial charge in [-0.25, -0.2) is 4.39 Å². The van der Waals surface area contributed by atoms with Crippen LogP contribution < -0.4 is 4.90 Å². The molecule has 0 bridgehead atoms. The van der Waals surface area contributed by atoms with Crippen LogP contribution in [0.2, 0.25) is 0 Å². The Morgan fingerprint density at radius 2 is 2.11 bits per heavy atom. The van der Waals surface area contributed by atoms with Gasteiger partial charge >= 0.3 is 0 Å². The molecule has 0 N–H and O–H groups in total. The normalized spacial score (nSPS) is 16.7. The zero-order valence-electron chi connectivity index (χ0n) is 10.2. The Labute approximate surface area is 105 Å². The van der Waals surface area contributed by atoms with Crippen LogP contribution >= 0.6 is 0 Å². The van der Waals surface area contributed by atoms with Crippen LogP contribution in [0.25, 0.3) is 0 Å². The van der Waals surface area contributed by atoms with Gasteiger partial charge in [0.1, 0.15) is 5.82 Å². The van der Waals surface area contributed by atoms with Gasteiger partial charge in [-0.2, -0.15) is 0 Å². The molecule has 1 aromatic rings. The molecule has 0 unspecified atom stereocenters. The number of aldehydes is 1. The predicted octanol–water partition coefficient (Wildman–Crippen LogP) is 1.31. The Hall–Kier alpha value is -1.91. The van der Waals surface area contributed by atoms with Crippen molar-refractivity contribution >= 4 is 17.9 Å². The molecule has 0 aliphatic carbocycles. The first-order chi connectivity index (χ1) is 8.61. The summed E-state index contributed by atoms with van der Waals surface area (Å²) in [4.78, 5) is 26.3. The summed E-state index contributed by atoms with van der Waals surface area (Å²) in [7, 11) is 1.76. The number of carbonyl (C=O) groups is 2. The van der Waals surface area contributed by atoms with Crippen LogP contribution in [0.4, 0.5) is 10.1 Å². The summed E-state index contributed by atoms with van der Waals surface area (Å²) in [5, 5.41) is 0. The number of hydrogen-bond acceptors (Lipinski definition) is 3. The molecule has 0 radical (unpaired) electrons. The molecule has 1 aliphatic heterocycles. The molecule has 1 heterocycles. The van der Waals surface area contributed by atoms with E-state index in [1.54, 1.807) is 18.0 Å². The molecule has 1 aliphatic rings. The highest BCUT2D eigenvalue weighted by atomic mass is 19.1. The van der Waals surface area contributed by atoms with Crippen molar-refractivity contribution < 1.29 is 14.0 Å². The molecule has 0 aromatic heterocycles. The second-order valence-corrected chi connectivity index (χ2v) is 4.41. The monoisotopic (exact) mass is 250 g/mol. The molecule has 1 aromatic carbocycles. The standard InChI is InChI=1S/C13H15FN2O2/c1-15-5-2-6-16(8-13(15)18)12-4-3-11(14)7-10(12)9-17/h3-4,7,9H,2,5-6,8H2,1H3. The Morgan fingerprint density at radius 1 is 1.33 bits per heavy atom. The van der Waals surface area contributed by atoms with Gasteiger partial charge < -0.3 is 9.80 Å². The van der Waals surface area contributed by atoms with Crippen molar-refractivity contribution in [2.75, 3.05) is 31.6 Å². The van der Waals surface area contributed by atoms with Crippen molar-refractivity contribution in [3.63, 3.8) is 0 Å². The van der Waals surface area contributed by atoms with Gasteiger partial charge in [-0.05, 0) is 24.6 Å². The molecular formula is C13H15FN2O2. The third-order valence-electron chi connectivity index (χ3n) is 3.13. The maximum absolute atomic E-state index is 13.1. The van der Waals surface area contributed by atoms with Gasteiger partial charge in [0.25, 0.3) is 0 Å². The van der Waals surface area contributed by atoms with Crippen LogP contribution in [0.5, 0.6) is 0 Å². The summed E-state index contributed by atoms with van der Waals surface area (Å²) in [6, 6.07) is 4.06. The van der Waals surface area contributed by atoms with E-state index in [0.717, 1.165) is 6.42 Å². The molecule has 5 heteroatoms. The average molecular weight is 250 g/mol. The Kier molecular flexibility index (Phi) is 3.60. The highest BCUT2D eigenvalue weighted by molar-refractivity contribution is 5.88. The third-order valence-corrected chi connectivity index (χ3v) is 3.13. The minimum absolute atomic E-state index is 0.00803. The summed E-state index contributed by atoms with van der Waals surface area (Å²) in [6.07, 6.45) is 1.45. The molecular weight excluding hydrogens is 235 g/mol. The Morgan fingerprint density at radius 3 is 2.83 bits per heavy atom. The molecule has 0 atom stereocenters. The lowest BCUT2D eigenvalue weighted by molar-refractivity contribution is -0.127. The average Bonchev–Trinajstić information content (AvgIpc) is 2.52. The Bertz CT molecular complexity index is 476. The van der Waals surface area contributed by atoms with Crippen LogP contribution in [0.15, 0.2) is 18.2 Å². The number of nitrogens with zero attached hydrogens (tertiary/aromatic N) is 2. The minimum atomic E-state index is -0.445. The zero-order valence-corrected chi connectivity index (χ0v) is 10.2. The molecule has 96 valence electrons. The third kappa shape index (κ3) is 2.50. The minimum Gasteiger partial charge on any atom is -0.362 e. The first-order valence-electron chi connectivity index (χ1n) is 5.85. The molecule has 18 heavy (non-hydrogen) atoms. The zero-order chi connectivity index (χ0) is 13.1. The largest absolute Gasteiger partial charge is 0.362 e. The van der Waals surface area contributed by atoms with Crippen LogP contribution in [0.3, 0.4) is 0 Å². The number of rotatable bonds is 2. The SMILES string of the molecule is CN1CCCN(c2ccc(F)cc2C=O)CC1=O. The molecule has 1 saturated heterocycles. The van der Waals surface area contributed by atoms with E-state index in [4.69, 9.17) is 0 Å². The number of likely N-dealkylation sites (N-methyl/N-ethyl adjacent to an activating group) is 1. The van der Waals surface area contributed by atoms with E-state index in [0.29, 0.717) is 25.1 Å². The van der Waals surface area contributed by atoms with E-state index in [1.165, 1.54) is 12.1 Å². The number of benzene rings is 1.